The third kappa shape index (κ3) is 6.96. The molecule has 0 aliphatic heterocycles. The van der Waals surface area contributed by atoms with E-state index in [4.69, 9.17) is 14.8 Å². The zero-order chi connectivity index (χ0) is 34.5. The van der Waals surface area contributed by atoms with E-state index < -0.39 is 0 Å². The van der Waals surface area contributed by atoms with Gasteiger partial charge in [-0.3, -0.25) is 4.57 Å². The van der Waals surface area contributed by atoms with Crippen LogP contribution in [0.2, 0.25) is 0 Å². The summed E-state index contributed by atoms with van der Waals surface area (Å²) in [6, 6.07) is 36.6. The number of rotatable bonds is 14. The highest BCUT2D eigenvalue weighted by Crippen LogP contribution is 2.37. The van der Waals surface area contributed by atoms with Crippen LogP contribution < -0.4 is 4.74 Å². The Morgan fingerprint density at radius 1 is 0.620 bits per heavy atom. The van der Waals surface area contributed by atoms with Crippen LogP contribution in [0.15, 0.2) is 109 Å². The van der Waals surface area contributed by atoms with Crippen molar-refractivity contribution in [2.24, 2.45) is 0 Å². The van der Waals surface area contributed by atoms with E-state index in [0.717, 1.165) is 52.8 Å². The molecule has 0 atom stereocenters. The molecule has 5 nitrogen and oxygen atoms in total. The Labute approximate surface area is 296 Å². The number of ether oxygens (including phenoxy) is 1. The highest BCUT2D eigenvalue weighted by Gasteiger charge is 2.17. The fourth-order valence-corrected chi connectivity index (χ4v) is 7.32. The van der Waals surface area contributed by atoms with E-state index >= 15 is 0 Å². The van der Waals surface area contributed by atoms with Gasteiger partial charge in [-0.05, 0) is 105 Å². The number of hydrogen-bond donors (Lipinski definition) is 0. The van der Waals surface area contributed by atoms with Crippen LogP contribution in [0.25, 0.3) is 44.4 Å². The summed E-state index contributed by atoms with van der Waals surface area (Å²) in [7, 11) is 0. The van der Waals surface area contributed by atoms with Crippen molar-refractivity contribution in [2.75, 3.05) is 0 Å². The van der Waals surface area contributed by atoms with Gasteiger partial charge in [-0.25, -0.2) is 9.67 Å². The third-order valence-electron chi connectivity index (χ3n) is 9.88. The predicted molar refractivity (Wildman–Crippen MR) is 208 cm³/mol. The Morgan fingerprint density at radius 3 is 2.20 bits per heavy atom. The number of aromatic nitrogens is 4. The van der Waals surface area contributed by atoms with E-state index in [1.165, 1.54) is 83.5 Å². The number of aryl methyl sites for hydroxylation is 3. The molecule has 0 spiro atoms. The number of unbranched alkanes of at least 4 members (excludes halogenated alkanes) is 5. The Balaban J connectivity index is 1.26. The van der Waals surface area contributed by atoms with Gasteiger partial charge in [0.15, 0.2) is 0 Å². The van der Waals surface area contributed by atoms with Crippen molar-refractivity contribution in [3.05, 3.63) is 132 Å². The molecule has 3 heterocycles. The summed E-state index contributed by atoms with van der Waals surface area (Å²) in [6.07, 6.45) is 12.8. The van der Waals surface area contributed by atoms with Gasteiger partial charge < -0.3 is 4.74 Å². The Kier molecular flexibility index (Phi) is 10.1. The number of nitrogens with zero attached hydrogens (tertiary/aromatic N) is 4. The van der Waals surface area contributed by atoms with E-state index in [1.54, 1.807) is 0 Å². The number of pyridine rings is 1. The van der Waals surface area contributed by atoms with Crippen LogP contribution in [0.4, 0.5) is 0 Å². The maximum absolute atomic E-state index is 6.61. The second-order valence-corrected chi connectivity index (χ2v) is 13.6. The summed E-state index contributed by atoms with van der Waals surface area (Å²) >= 11 is 0. The van der Waals surface area contributed by atoms with Crippen molar-refractivity contribution in [2.45, 2.75) is 85.5 Å². The van der Waals surface area contributed by atoms with E-state index in [9.17, 15) is 0 Å². The van der Waals surface area contributed by atoms with Crippen LogP contribution in [0, 0.1) is 13.8 Å². The summed E-state index contributed by atoms with van der Waals surface area (Å²) in [5, 5.41) is 7.41. The van der Waals surface area contributed by atoms with Crippen LogP contribution in [0.1, 0.15) is 81.3 Å². The molecular formula is C45H48N4O. The molecule has 0 amide bonds. The standard InChI is InChI=1S/C45H48N4O/c1-5-7-9-12-17-34-22-25-42-41(28-34)40-24-23-39(31-43(40)48(42)44-29-35(26-27-46-44)16-11-8-6-2)50-38-21-15-20-37(30-38)49-33(4)45(32(3)47-49)36-18-13-10-14-19-36/h10,13-15,18-31H,5-9,11-12,16-17H2,1-4H3. The van der Waals surface area contributed by atoms with Crippen LogP contribution in [0.3, 0.4) is 0 Å². The molecule has 0 aliphatic carbocycles. The molecule has 254 valence electrons. The topological polar surface area (TPSA) is 44.9 Å². The van der Waals surface area contributed by atoms with Gasteiger partial charge in [-0.15, -0.1) is 0 Å². The first-order valence-electron chi connectivity index (χ1n) is 18.5. The van der Waals surface area contributed by atoms with Crippen molar-refractivity contribution < 1.29 is 4.74 Å². The maximum atomic E-state index is 6.61. The van der Waals surface area contributed by atoms with Gasteiger partial charge in [-0.2, -0.15) is 5.10 Å². The summed E-state index contributed by atoms with van der Waals surface area (Å²) in [6.45, 7) is 8.73. The normalized spacial score (nSPS) is 11.5. The summed E-state index contributed by atoms with van der Waals surface area (Å²) in [5.41, 5.74) is 10.4. The summed E-state index contributed by atoms with van der Waals surface area (Å²) in [4.78, 5) is 4.91. The Morgan fingerprint density at radius 2 is 1.38 bits per heavy atom. The SMILES string of the molecule is CCCCCCc1ccc2c(c1)c1ccc(Oc3cccc(-n4nc(C)c(-c5ccccc5)c4C)c3)cc1n2-c1cc(CCCCC)ccn1. The van der Waals surface area contributed by atoms with Crippen molar-refractivity contribution in [1.29, 1.82) is 0 Å². The Bertz CT molecular complexity index is 2230. The number of benzene rings is 4. The highest BCUT2D eigenvalue weighted by molar-refractivity contribution is 6.09. The molecule has 5 heteroatoms. The number of hydrogen-bond acceptors (Lipinski definition) is 3. The van der Waals surface area contributed by atoms with Crippen LogP contribution >= 0.6 is 0 Å². The van der Waals surface area contributed by atoms with Crippen molar-refractivity contribution in [3.63, 3.8) is 0 Å². The Hall–Kier alpha value is -5.16. The molecule has 0 radical (unpaired) electrons. The molecule has 0 unspecified atom stereocenters. The molecule has 0 saturated heterocycles. The van der Waals surface area contributed by atoms with E-state index in [1.807, 2.05) is 29.1 Å². The van der Waals surface area contributed by atoms with Gasteiger partial charge in [0.05, 0.1) is 22.4 Å². The van der Waals surface area contributed by atoms with Crippen molar-refractivity contribution >= 4 is 21.8 Å². The molecule has 0 saturated carbocycles. The van der Waals surface area contributed by atoms with Gasteiger partial charge in [-0.1, -0.05) is 88.4 Å². The molecule has 4 aromatic carbocycles. The van der Waals surface area contributed by atoms with Crippen LogP contribution in [-0.2, 0) is 12.8 Å². The van der Waals surface area contributed by atoms with E-state index in [2.05, 4.69) is 117 Å². The minimum absolute atomic E-state index is 0.767. The van der Waals surface area contributed by atoms with Gasteiger partial charge >= 0.3 is 0 Å². The van der Waals surface area contributed by atoms with Crippen molar-refractivity contribution in [1.82, 2.24) is 19.3 Å². The molecule has 3 aromatic heterocycles. The number of fused-ring (bicyclic) bond motifs is 3. The minimum Gasteiger partial charge on any atom is -0.457 e. The van der Waals surface area contributed by atoms with Gasteiger partial charge in [0, 0.05) is 40.4 Å². The molecule has 0 bridgehead atoms. The predicted octanol–water partition coefficient (Wildman–Crippen LogP) is 12.3. The van der Waals surface area contributed by atoms with Gasteiger partial charge in [0.2, 0.25) is 0 Å². The molecule has 7 aromatic rings. The first kappa shape index (κ1) is 33.3. The first-order valence-corrected chi connectivity index (χ1v) is 18.5. The first-order chi connectivity index (χ1) is 24.5. The molecule has 0 aliphatic rings. The van der Waals surface area contributed by atoms with Crippen molar-refractivity contribution in [3.8, 4) is 34.1 Å². The molecular weight excluding hydrogens is 613 g/mol. The summed E-state index contributed by atoms with van der Waals surface area (Å²) < 4.78 is 10.9. The largest absolute Gasteiger partial charge is 0.457 e. The lowest BCUT2D eigenvalue weighted by molar-refractivity contribution is 0.482. The monoisotopic (exact) mass is 660 g/mol. The quantitative estimate of drug-likeness (QED) is 0.109. The smallest absolute Gasteiger partial charge is 0.137 e. The van der Waals surface area contributed by atoms with Gasteiger partial charge in [0.25, 0.3) is 0 Å². The summed E-state index contributed by atoms with van der Waals surface area (Å²) in [5.74, 6) is 2.51. The highest BCUT2D eigenvalue weighted by atomic mass is 16.5. The zero-order valence-corrected chi connectivity index (χ0v) is 30.0. The zero-order valence-electron chi connectivity index (χ0n) is 30.0. The molecule has 50 heavy (non-hydrogen) atoms. The maximum Gasteiger partial charge on any atom is 0.137 e. The van der Waals surface area contributed by atoms with E-state index in [0.29, 0.717) is 0 Å². The fraction of sp³-hybridized carbons (Fsp3) is 0.289. The van der Waals surface area contributed by atoms with Crippen LogP contribution in [-0.4, -0.2) is 19.3 Å². The van der Waals surface area contributed by atoms with Crippen LogP contribution in [0.5, 0.6) is 11.5 Å². The average Bonchev–Trinajstić information content (AvgIpc) is 3.62. The second-order valence-electron chi connectivity index (χ2n) is 13.6. The average molecular weight is 661 g/mol. The minimum atomic E-state index is 0.767. The molecule has 0 fully saturated rings. The third-order valence-corrected chi connectivity index (χ3v) is 9.88. The lowest BCUT2D eigenvalue weighted by atomic mass is 10.0. The lowest BCUT2D eigenvalue weighted by Crippen LogP contribution is -2.00. The molecule has 0 N–H and O–H groups in total. The molecule has 7 rings (SSSR count). The van der Waals surface area contributed by atoms with E-state index in [-0.39, 0.29) is 0 Å². The second kappa shape index (κ2) is 15.2. The van der Waals surface area contributed by atoms with Gasteiger partial charge in [0.1, 0.15) is 17.3 Å². The lowest BCUT2D eigenvalue weighted by Gasteiger charge is -2.11. The fourth-order valence-electron chi connectivity index (χ4n) is 7.32.